The van der Waals surface area contributed by atoms with Gasteiger partial charge in [-0.2, -0.15) is 5.26 Å². The summed E-state index contributed by atoms with van der Waals surface area (Å²) in [5.74, 6) is -0.327. The third-order valence-corrected chi connectivity index (χ3v) is 2.98. The zero-order valence-electron chi connectivity index (χ0n) is 11.0. The number of nitriles is 1. The SMILES string of the molecule is COC(=O)c1ccccc1CN(C)C(C)CC#N. The zero-order chi connectivity index (χ0) is 13.5. The second-order valence-electron chi connectivity index (χ2n) is 4.28. The Bertz CT molecular complexity index is 451. The van der Waals surface area contributed by atoms with Gasteiger partial charge in [-0.1, -0.05) is 18.2 Å². The molecule has 0 aliphatic rings. The van der Waals surface area contributed by atoms with Gasteiger partial charge >= 0.3 is 5.97 Å². The molecule has 96 valence electrons. The van der Waals surface area contributed by atoms with E-state index in [1.165, 1.54) is 7.11 Å². The number of carbonyl (C=O) groups excluding carboxylic acids is 1. The molecule has 18 heavy (non-hydrogen) atoms. The molecule has 0 fully saturated rings. The van der Waals surface area contributed by atoms with Crippen molar-refractivity contribution in [2.75, 3.05) is 14.2 Å². The molecule has 0 spiro atoms. The van der Waals surface area contributed by atoms with E-state index in [-0.39, 0.29) is 12.0 Å². The largest absolute Gasteiger partial charge is 0.465 e. The van der Waals surface area contributed by atoms with Crippen molar-refractivity contribution in [1.82, 2.24) is 4.90 Å². The number of carbonyl (C=O) groups is 1. The van der Waals surface area contributed by atoms with E-state index in [1.807, 2.05) is 37.1 Å². The van der Waals surface area contributed by atoms with Gasteiger partial charge in [-0.05, 0) is 25.6 Å². The lowest BCUT2D eigenvalue weighted by Crippen LogP contribution is -2.28. The molecule has 0 aromatic heterocycles. The molecule has 0 aliphatic heterocycles. The minimum absolute atomic E-state index is 0.153. The number of hydrogen-bond donors (Lipinski definition) is 0. The van der Waals surface area contributed by atoms with E-state index in [2.05, 4.69) is 6.07 Å². The van der Waals surface area contributed by atoms with E-state index in [0.717, 1.165) is 5.56 Å². The van der Waals surface area contributed by atoms with Crippen LogP contribution in [-0.4, -0.2) is 31.1 Å². The second-order valence-corrected chi connectivity index (χ2v) is 4.28. The minimum Gasteiger partial charge on any atom is -0.465 e. The first-order chi connectivity index (χ1) is 8.60. The highest BCUT2D eigenvalue weighted by atomic mass is 16.5. The Morgan fingerprint density at radius 2 is 2.17 bits per heavy atom. The number of ether oxygens (including phenoxy) is 1. The number of benzene rings is 1. The summed E-state index contributed by atoms with van der Waals surface area (Å²) in [6, 6.07) is 9.67. The normalized spacial score (nSPS) is 11.9. The molecule has 0 amide bonds. The monoisotopic (exact) mass is 246 g/mol. The Kier molecular flexibility index (Phi) is 5.34. The van der Waals surface area contributed by atoms with Gasteiger partial charge in [0.05, 0.1) is 25.2 Å². The van der Waals surface area contributed by atoms with Crippen LogP contribution in [0.4, 0.5) is 0 Å². The van der Waals surface area contributed by atoms with Crippen LogP contribution in [-0.2, 0) is 11.3 Å². The lowest BCUT2D eigenvalue weighted by molar-refractivity contribution is 0.0598. The quantitative estimate of drug-likeness (QED) is 0.747. The number of rotatable bonds is 5. The van der Waals surface area contributed by atoms with Crippen LogP contribution in [0.25, 0.3) is 0 Å². The molecule has 4 heteroatoms. The molecule has 0 bridgehead atoms. The summed E-state index contributed by atoms with van der Waals surface area (Å²) in [6.07, 6.45) is 0.469. The van der Waals surface area contributed by atoms with Gasteiger partial charge in [0.1, 0.15) is 0 Å². The highest BCUT2D eigenvalue weighted by molar-refractivity contribution is 5.90. The molecule has 0 heterocycles. The molecule has 4 nitrogen and oxygen atoms in total. The van der Waals surface area contributed by atoms with E-state index in [1.54, 1.807) is 6.07 Å². The van der Waals surface area contributed by atoms with Crippen LogP contribution in [0.15, 0.2) is 24.3 Å². The van der Waals surface area contributed by atoms with Crippen molar-refractivity contribution in [3.63, 3.8) is 0 Å². The number of nitrogens with zero attached hydrogens (tertiary/aromatic N) is 2. The van der Waals surface area contributed by atoms with Gasteiger partial charge in [0, 0.05) is 12.6 Å². The highest BCUT2D eigenvalue weighted by Crippen LogP contribution is 2.14. The molecule has 0 N–H and O–H groups in total. The Labute approximate surface area is 108 Å². The van der Waals surface area contributed by atoms with Crippen LogP contribution in [0, 0.1) is 11.3 Å². The summed E-state index contributed by atoms with van der Waals surface area (Å²) in [5.41, 5.74) is 1.49. The molecule has 1 atom stereocenters. The third-order valence-electron chi connectivity index (χ3n) is 2.98. The molecule has 1 unspecified atom stereocenters. The Morgan fingerprint density at radius 1 is 1.50 bits per heavy atom. The zero-order valence-corrected chi connectivity index (χ0v) is 11.0. The van der Waals surface area contributed by atoms with Crippen molar-refractivity contribution < 1.29 is 9.53 Å². The predicted molar refractivity (Wildman–Crippen MR) is 68.9 cm³/mol. The van der Waals surface area contributed by atoms with E-state index < -0.39 is 0 Å². The van der Waals surface area contributed by atoms with Crippen molar-refractivity contribution in [3.8, 4) is 6.07 Å². The molecule has 0 saturated heterocycles. The van der Waals surface area contributed by atoms with Gasteiger partial charge in [-0.15, -0.1) is 0 Å². The van der Waals surface area contributed by atoms with Gasteiger partial charge in [0.2, 0.25) is 0 Å². The molecule has 1 aromatic rings. The van der Waals surface area contributed by atoms with Crippen molar-refractivity contribution in [2.24, 2.45) is 0 Å². The topological polar surface area (TPSA) is 53.3 Å². The Morgan fingerprint density at radius 3 is 2.78 bits per heavy atom. The molecule has 1 rings (SSSR count). The molecule has 0 aliphatic carbocycles. The predicted octanol–water partition coefficient (Wildman–Crippen LogP) is 2.21. The Hall–Kier alpha value is -1.86. The average Bonchev–Trinajstić information content (AvgIpc) is 2.38. The van der Waals surface area contributed by atoms with Crippen molar-refractivity contribution in [3.05, 3.63) is 35.4 Å². The first kappa shape index (κ1) is 14.2. The van der Waals surface area contributed by atoms with Crippen LogP contribution in [0.2, 0.25) is 0 Å². The second kappa shape index (κ2) is 6.77. The fraction of sp³-hybridized carbons (Fsp3) is 0.429. The summed E-state index contributed by atoms with van der Waals surface area (Å²) in [6.45, 7) is 2.61. The van der Waals surface area contributed by atoms with E-state index in [9.17, 15) is 4.79 Å². The van der Waals surface area contributed by atoms with Crippen molar-refractivity contribution in [2.45, 2.75) is 25.9 Å². The Balaban J connectivity index is 2.84. The van der Waals surface area contributed by atoms with E-state index >= 15 is 0 Å². The minimum atomic E-state index is -0.327. The van der Waals surface area contributed by atoms with Crippen molar-refractivity contribution in [1.29, 1.82) is 5.26 Å². The lowest BCUT2D eigenvalue weighted by Gasteiger charge is -2.23. The van der Waals surface area contributed by atoms with Crippen LogP contribution >= 0.6 is 0 Å². The van der Waals surface area contributed by atoms with E-state index in [4.69, 9.17) is 10.00 Å². The molecule has 1 aromatic carbocycles. The fourth-order valence-electron chi connectivity index (χ4n) is 1.68. The van der Waals surface area contributed by atoms with E-state index in [0.29, 0.717) is 18.5 Å². The summed E-state index contributed by atoms with van der Waals surface area (Å²) in [7, 11) is 3.32. The summed E-state index contributed by atoms with van der Waals surface area (Å²) in [5, 5.41) is 8.68. The third kappa shape index (κ3) is 3.57. The van der Waals surface area contributed by atoms with Crippen LogP contribution < -0.4 is 0 Å². The number of esters is 1. The van der Waals surface area contributed by atoms with Gasteiger partial charge in [-0.25, -0.2) is 4.79 Å². The lowest BCUT2D eigenvalue weighted by atomic mass is 10.1. The van der Waals surface area contributed by atoms with Crippen LogP contribution in [0.3, 0.4) is 0 Å². The number of hydrogen-bond acceptors (Lipinski definition) is 4. The van der Waals surface area contributed by atoms with Gasteiger partial charge in [0.25, 0.3) is 0 Å². The molecule has 0 saturated carbocycles. The maximum atomic E-state index is 11.6. The fourth-order valence-corrected chi connectivity index (χ4v) is 1.68. The molecular weight excluding hydrogens is 228 g/mol. The van der Waals surface area contributed by atoms with Crippen LogP contribution in [0.5, 0.6) is 0 Å². The summed E-state index contributed by atoms with van der Waals surface area (Å²) < 4.78 is 4.76. The van der Waals surface area contributed by atoms with Gasteiger partial charge in [0.15, 0.2) is 0 Å². The average molecular weight is 246 g/mol. The highest BCUT2D eigenvalue weighted by Gasteiger charge is 2.15. The first-order valence-electron chi connectivity index (χ1n) is 5.83. The number of methoxy groups -OCH3 is 1. The first-order valence-corrected chi connectivity index (χ1v) is 5.83. The summed E-state index contributed by atoms with van der Waals surface area (Å²) >= 11 is 0. The van der Waals surface area contributed by atoms with Crippen LogP contribution in [0.1, 0.15) is 29.3 Å². The standard InChI is InChI=1S/C14H18N2O2/c1-11(8-9-15)16(2)10-12-6-4-5-7-13(12)14(17)18-3/h4-7,11H,8,10H2,1-3H3. The van der Waals surface area contributed by atoms with Gasteiger partial charge < -0.3 is 4.74 Å². The molecular formula is C14H18N2O2. The maximum absolute atomic E-state index is 11.6. The smallest absolute Gasteiger partial charge is 0.338 e. The summed E-state index contributed by atoms with van der Waals surface area (Å²) in [4.78, 5) is 13.7. The molecule has 0 radical (unpaired) electrons. The van der Waals surface area contributed by atoms with Crippen molar-refractivity contribution >= 4 is 5.97 Å². The maximum Gasteiger partial charge on any atom is 0.338 e. The van der Waals surface area contributed by atoms with Gasteiger partial charge in [-0.3, -0.25) is 4.90 Å².